The third-order valence-corrected chi connectivity index (χ3v) is 2.80. The molecule has 2 unspecified atom stereocenters. The fourth-order valence-corrected chi connectivity index (χ4v) is 1.68. The Morgan fingerprint density at radius 1 is 1.43 bits per heavy atom. The highest BCUT2D eigenvalue weighted by Gasteiger charge is 2.33. The van der Waals surface area contributed by atoms with Crippen LogP contribution in [0.25, 0.3) is 0 Å². The van der Waals surface area contributed by atoms with Crippen LogP contribution in [0.5, 0.6) is 0 Å². The van der Waals surface area contributed by atoms with Gasteiger partial charge in [-0.15, -0.1) is 0 Å². The molecule has 0 aliphatic carbocycles. The van der Waals surface area contributed by atoms with Gasteiger partial charge in [-0.1, -0.05) is 27.7 Å². The molecule has 0 N–H and O–H groups in total. The van der Waals surface area contributed by atoms with E-state index in [-0.39, 0.29) is 23.8 Å². The first-order chi connectivity index (χ1) is 6.32. The number of carbonyl (C=O) groups excluding carboxylic acids is 1. The molecule has 0 aromatic heterocycles. The van der Waals surface area contributed by atoms with Gasteiger partial charge in [-0.05, 0) is 12.3 Å². The number of alkyl halides is 1. The molecule has 0 aromatic rings. The van der Waals surface area contributed by atoms with Crippen molar-refractivity contribution >= 4 is 5.91 Å². The van der Waals surface area contributed by atoms with E-state index < -0.39 is 6.17 Å². The lowest BCUT2D eigenvalue weighted by molar-refractivity contribution is -0.142. The van der Waals surface area contributed by atoms with Gasteiger partial charge < -0.3 is 4.90 Å². The van der Waals surface area contributed by atoms with Crippen molar-refractivity contribution < 1.29 is 9.18 Å². The molecule has 1 saturated heterocycles. The molecule has 0 saturated carbocycles. The van der Waals surface area contributed by atoms with Gasteiger partial charge in [0.15, 0.2) is 0 Å². The van der Waals surface area contributed by atoms with Crippen LogP contribution in [0.3, 0.4) is 0 Å². The Balaban J connectivity index is 2.59. The maximum absolute atomic E-state index is 13.4. The summed E-state index contributed by atoms with van der Waals surface area (Å²) in [7, 11) is 0. The molecule has 3 heteroatoms. The molecule has 0 spiro atoms. The number of hydrogen-bond acceptors (Lipinski definition) is 1. The number of hydrogen-bond donors (Lipinski definition) is 0. The summed E-state index contributed by atoms with van der Waals surface area (Å²) in [6.45, 7) is 8.51. The van der Waals surface area contributed by atoms with Crippen LogP contribution in [0.15, 0.2) is 0 Å². The van der Waals surface area contributed by atoms with Gasteiger partial charge in [-0.25, -0.2) is 4.39 Å². The van der Waals surface area contributed by atoms with Crippen LogP contribution in [0.4, 0.5) is 4.39 Å². The second-order valence-corrected chi connectivity index (χ2v) is 5.28. The van der Waals surface area contributed by atoms with Crippen LogP contribution >= 0.6 is 0 Å². The van der Waals surface area contributed by atoms with Crippen molar-refractivity contribution in [2.24, 2.45) is 11.3 Å². The van der Waals surface area contributed by atoms with Crippen molar-refractivity contribution in [3.05, 3.63) is 0 Å². The minimum Gasteiger partial charge on any atom is -0.339 e. The summed E-state index contributed by atoms with van der Waals surface area (Å²) in [4.78, 5) is 13.5. The normalized spacial score (nSPS) is 29.1. The van der Waals surface area contributed by atoms with Crippen molar-refractivity contribution in [1.29, 1.82) is 0 Å². The summed E-state index contributed by atoms with van der Waals surface area (Å²) in [5.74, 6) is 0.158. The Bertz CT molecular complexity index is 222. The molecule has 1 heterocycles. The fourth-order valence-electron chi connectivity index (χ4n) is 1.68. The largest absolute Gasteiger partial charge is 0.339 e. The summed E-state index contributed by atoms with van der Waals surface area (Å²) in [6, 6.07) is 0. The molecule has 1 aliphatic rings. The van der Waals surface area contributed by atoms with E-state index in [2.05, 4.69) is 0 Å². The van der Waals surface area contributed by atoms with Crippen molar-refractivity contribution in [1.82, 2.24) is 4.90 Å². The van der Waals surface area contributed by atoms with Gasteiger partial charge in [0.25, 0.3) is 0 Å². The molecule has 1 amide bonds. The zero-order chi connectivity index (χ0) is 10.9. The van der Waals surface area contributed by atoms with E-state index in [1.807, 2.05) is 27.7 Å². The summed E-state index contributed by atoms with van der Waals surface area (Å²) in [5, 5.41) is 0. The minimum atomic E-state index is -0.852. The first-order valence-corrected chi connectivity index (χ1v) is 5.26. The maximum Gasteiger partial charge on any atom is 0.228 e. The van der Waals surface area contributed by atoms with Gasteiger partial charge in [0.05, 0.1) is 6.54 Å². The van der Waals surface area contributed by atoms with Gasteiger partial charge in [-0.2, -0.15) is 0 Å². The summed E-state index contributed by atoms with van der Waals surface area (Å²) in [6.07, 6.45) is -0.0711. The zero-order valence-corrected chi connectivity index (χ0v) is 9.51. The summed E-state index contributed by atoms with van der Waals surface area (Å²) >= 11 is 0. The number of halogens is 1. The Morgan fingerprint density at radius 3 is 2.43 bits per heavy atom. The van der Waals surface area contributed by atoms with Gasteiger partial charge in [0.2, 0.25) is 5.91 Å². The van der Waals surface area contributed by atoms with E-state index >= 15 is 0 Å². The van der Waals surface area contributed by atoms with Gasteiger partial charge >= 0.3 is 0 Å². The van der Waals surface area contributed by atoms with Gasteiger partial charge in [0, 0.05) is 12.0 Å². The molecular formula is C11H20FNO. The molecule has 0 aromatic carbocycles. The second kappa shape index (κ2) is 3.87. The van der Waals surface area contributed by atoms with Crippen molar-refractivity contribution in [3.8, 4) is 0 Å². The number of likely N-dealkylation sites (tertiary alicyclic amines) is 1. The Labute approximate surface area is 85.5 Å². The van der Waals surface area contributed by atoms with E-state index in [1.165, 1.54) is 0 Å². The summed E-state index contributed by atoms with van der Waals surface area (Å²) in [5.41, 5.74) is -0.389. The molecule has 1 aliphatic heterocycles. The molecule has 14 heavy (non-hydrogen) atoms. The fraction of sp³-hybridized carbons (Fsp3) is 0.909. The van der Waals surface area contributed by atoms with E-state index in [0.29, 0.717) is 6.54 Å². The molecule has 1 fully saturated rings. The molecule has 2 atom stereocenters. The Kier molecular flexibility index (Phi) is 3.17. The molecule has 1 rings (SSSR count). The van der Waals surface area contributed by atoms with Crippen molar-refractivity contribution in [2.45, 2.75) is 40.3 Å². The molecule has 2 nitrogen and oxygen atoms in total. The van der Waals surface area contributed by atoms with Crippen LogP contribution < -0.4 is 0 Å². The molecule has 82 valence electrons. The van der Waals surface area contributed by atoms with E-state index in [0.717, 1.165) is 6.42 Å². The van der Waals surface area contributed by atoms with Gasteiger partial charge in [0.1, 0.15) is 6.17 Å². The number of carbonyl (C=O) groups is 1. The highest BCUT2D eigenvalue weighted by Crippen LogP contribution is 2.24. The van der Waals surface area contributed by atoms with Crippen LogP contribution in [0.2, 0.25) is 0 Å². The average molecular weight is 201 g/mol. The molecular weight excluding hydrogens is 181 g/mol. The topological polar surface area (TPSA) is 20.3 Å². The first kappa shape index (κ1) is 11.5. The van der Waals surface area contributed by atoms with Crippen molar-refractivity contribution in [2.75, 3.05) is 13.1 Å². The molecule has 0 radical (unpaired) electrons. The van der Waals surface area contributed by atoms with Crippen LogP contribution in [-0.4, -0.2) is 30.1 Å². The van der Waals surface area contributed by atoms with E-state index in [1.54, 1.807) is 4.90 Å². The number of amides is 1. The smallest absolute Gasteiger partial charge is 0.228 e. The van der Waals surface area contributed by atoms with E-state index in [4.69, 9.17) is 0 Å². The SMILES string of the molecule is CC1CCN(C(=O)C(C)(C)C)CC1F. The predicted molar refractivity (Wildman–Crippen MR) is 54.7 cm³/mol. The van der Waals surface area contributed by atoms with Gasteiger partial charge in [-0.3, -0.25) is 4.79 Å². The van der Waals surface area contributed by atoms with Crippen LogP contribution in [0, 0.1) is 11.3 Å². The highest BCUT2D eigenvalue weighted by atomic mass is 19.1. The monoisotopic (exact) mass is 201 g/mol. The lowest BCUT2D eigenvalue weighted by atomic mass is 9.91. The highest BCUT2D eigenvalue weighted by molar-refractivity contribution is 5.81. The quantitative estimate of drug-likeness (QED) is 0.588. The Hall–Kier alpha value is -0.600. The number of rotatable bonds is 0. The second-order valence-electron chi connectivity index (χ2n) is 5.28. The minimum absolute atomic E-state index is 0.0621. The number of piperidine rings is 1. The lowest BCUT2D eigenvalue weighted by Crippen LogP contribution is -2.48. The predicted octanol–water partition coefficient (Wildman–Crippen LogP) is 2.24. The average Bonchev–Trinajstić information content (AvgIpc) is 2.07. The Morgan fingerprint density at radius 2 is 2.00 bits per heavy atom. The maximum atomic E-state index is 13.4. The standard InChI is InChI=1S/C11H20FNO/c1-8-5-6-13(7-9(8)12)10(14)11(2,3)4/h8-9H,5-7H2,1-4H3. The summed E-state index contributed by atoms with van der Waals surface area (Å²) < 4.78 is 13.4. The first-order valence-electron chi connectivity index (χ1n) is 5.26. The van der Waals surface area contributed by atoms with E-state index in [9.17, 15) is 9.18 Å². The van der Waals surface area contributed by atoms with Crippen LogP contribution in [0.1, 0.15) is 34.1 Å². The van der Waals surface area contributed by atoms with Crippen molar-refractivity contribution in [3.63, 3.8) is 0 Å². The number of nitrogens with zero attached hydrogens (tertiary/aromatic N) is 1. The third-order valence-electron chi connectivity index (χ3n) is 2.80. The zero-order valence-electron chi connectivity index (χ0n) is 9.51. The third kappa shape index (κ3) is 2.46. The van der Waals surface area contributed by atoms with Crippen LogP contribution in [-0.2, 0) is 4.79 Å². The lowest BCUT2D eigenvalue weighted by Gasteiger charge is -2.36. The molecule has 0 bridgehead atoms.